The number of nitrogens with two attached hydrogens (primary N) is 1. The van der Waals surface area contributed by atoms with E-state index in [-0.39, 0.29) is 5.91 Å². The minimum atomic E-state index is 0.200. The molecule has 0 aliphatic heterocycles. The first-order valence-electron chi connectivity index (χ1n) is 6.52. The summed E-state index contributed by atoms with van der Waals surface area (Å²) in [6, 6.07) is 0. The number of nitrogens with one attached hydrogen (secondary N) is 1. The first-order valence-corrected chi connectivity index (χ1v) is 9.01. The van der Waals surface area contributed by atoms with E-state index in [1.807, 2.05) is 0 Å². The molecule has 0 unspecified atom stereocenters. The Bertz CT molecular complexity index is 180. The molecule has 5 heteroatoms. The molecule has 0 radical (unpaired) electrons. The van der Waals surface area contributed by atoms with Crippen LogP contribution >= 0.6 is 21.6 Å². The van der Waals surface area contributed by atoms with E-state index in [4.69, 9.17) is 5.73 Å². The monoisotopic (exact) mass is 278 g/mol. The van der Waals surface area contributed by atoms with Crippen molar-refractivity contribution in [1.29, 1.82) is 0 Å². The molecule has 102 valence electrons. The molecule has 3 N–H and O–H groups in total. The number of hydrogen-bond acceptors (Lipinski definition) is 4. The van der Waals surface area contributed by atoms with Crippen molar-refractivity contribution in [2.24, 2.45) is 5.73 Å². The van der Waals surface area contributed by atoms with Crippen molar-refractivity contribution in [3.05, 3.63) is 0 Å². The molecule has 0 bridgehead atoms. The van der Waals surface area contributed by atoms with Crippen LogP contribution in [0.4, 0.5) is 0 Å². The lowest BCUT2D eigenvalue weighted by Gasteiger charge is -2.04. The third kappa shape index (κ3) is 14.1. The van der Waals surface area contributed by atoms with Crippen molar-refractivity contribution >= 4 is 27.5 Å². The highest BCUT2D eigenvalue weighted by atomic mass is 33.1. The molecular weight excluding hydrogens is 252 g/mol. The Hall–Kier alpha value is 0.130. The van der Waals surface area contributed by atoms with Gasteiger partial charge in [-0.15, -0.1) is 0 Å². The number of hydrogen-bond donors (Lipinski definition) is 2. The van der Waals surface area contributed by atoms with Crippen molar-refractivity contribution in [2.45, 2.75) is 45.4 Å². The molecule has 0 saturated carbocycles. The predicted octanol–water partition coefficient (Wildman–Crippen LogP) is 2.80. The molecule has 1 amide bonds. The lowest BCUT2D eigenvalue weighted by atomic mass is 10.1. The van der Waals surface area contributed by atoms with Crippen molar-refractivity contribution in [2.75, 3.05) is 24.6 Å². The Morgan fingerprint density at radius 2 is 1.82 bits per heavy atom. The third-order valence-electron chi connectivity index (χ3n) is 2.30. The van der Waals surface area contributed by atoms with Gasteiger partial charge in [0.05, 0.1) is 0 Å². The zero-order chi connectivity index (χ0) is 12.8. The van der Waals surface area contributed by atoms with Gasteiger partial charge in [-0.1, -0.05) is 54.2 Å². The summed E-state index contributed by atoms with van der Waals surface area (Å²) in [5, 5.41) is 2.95. The molecule has 0 spiro atoms. The zero-order valence-corrected chi connectivity index (χ0v) is 12.5. The molecule has 0 atom stereocenters. The number of carbonyl (C=O) groups is 1. The van der Waals surface area contributed by atoms with Gasteiger partial charge < -0.3 is 11.1 Å². The van der Waals surface area contributed by atoms with E-state index < -0.39 is 0 Å². The average Bonchev–Trinajstić information content (AvgIpc) is 2.33. The fraction of sp³-hybridized carbons (Fsp3) is 0.917. The van der Waals surface area contributed by atoms with Crippen LogP contribution in [0.15, 0.2) is 0 Å². The van der Waals surface area contributed by atoms with Gasteiger partial charge in [-0.05, 0) is 6.42 Å². The van der Waals surface area contributed by atoms with Gasteiger partial charge in [-0.25, -0.2) is 0 Å². The molecule has 0 aliphatic rings. The van der Waals surface area contributed by atoms with Crippen LogP contribution in [0.5, 0.6) is 0 Å². The SMILES string of the molecule is CCCCCCCC(=O)NCCSSCCN. The Kier molecular flexibility index (Phi) is 14.3. The summed E-state index contributed by atoms with van der Waals surface area (Å²) < 4.78 is 0. The maximum Gasteiger partial charge on any atom is 0.220 e. The van der Waals surface area contributed by atoms with Gasteiger partial charge in [0.2, 0.25) is 5.91 Å². The van der Waals surface area contributed by atoms with Crippen molar-refractivity contribution < 1.29 is 4.79 Å². The van der Waals surface area contributed by atoms with Gasteiger partial charge in [0.25, 0.3) is 0 Å². The highest BCUT2D eigenvalue weighted by Gasteiger charge is 2.00. The van der Waals surface area contributed by atoms with Crippen LogP contribution in [0, 0.1) is 0 Å². The van der Waals surface area contributed by atoms with Crippen LogP contribution in [0.2, 0.25) is 0 Å². The normalized spacial score (nSPS) is 10.5. The standard InChI is InChI=1S/C12H26N2OS2/c1-2-3-4-5-6-7-12(15)14-9-11-17-16-10-8-13/h2-11,13H2,1H3,(H,14,15). The quantitative estimate of drug-likeness (QED) is 0.426. The number of unbranched alkanes of at least 4 members (excludes halogenated alkanes) is 4. The Morgan fingerprint density at radius 1 is 1.12 bits per heavy atom. The summed E-state index contributed by atoms with van der Waals surface area (Å²) in [7, 11) is 3.55. The van der Waals surface area contributed by atoms with E-state index in [0.717, 1.165) is 31.0 Å². The van der Waals surface area contributed by atoms with Gasteiger partial charge in [0.1, 0.15) is 0 Å². The number of amides is 1. The lowest BCUT2D eigenvalue weighted by molar-refractivity contribution is -0.121. The largest absolute Gasteiger partial charge is 0.355 e. The lowest BCUT2D eigenvalue weighted by Crippen LogP contribution is -2.25. The summed E-state index contributed by atoms with van der Waals surface area (Å²) in [6.07, 6.45) is 6.70. The molecule has 0 rings (SSSR count). The maximum atomic E-state index is 11.4. The van der Waals surface area contributed by atoms with Crippen molar-refractivity contribution in [3.8, 4) is 0 Å². The van der Waals surface area contributed by atoms with Crippen LogP contribution in [0.25, 0.3) is 0 Å². The molecule has 17 heavy (non-hydrogen) atoms. The second kappa shape index (κ2) is 14.2. The van der Waals surface area contributed by atoms with Crippen LogP contribution in [0.1, 0.15) is 45.4 Å². The molecule has 3 nitrogen and oxygen atoms in total. The minimum absolute atomic E-state index is 0.200. The van der Waals surface area contributed by atoms with E-state index in [2.05, 4.69) is 12.2 Å². The van der Waals surface area contributed by atoms with Crippen LogP contribution < -0.4 is 11.1 Å². The number of carbonyl (C=O) groups excluding carboxylic acids is 1. The molecule has 0 aliphatic carbocycles. The van der Waals surface area contributed by atoms with Crippen LogP contribution in [0.3, 0.4) is 0 Å². The highest BCUT2D eigenvalue weighted by molar-refractivity contribution is 8.76. The Labute approximate surface area is 113 Å². The fourth-order valence-electron chi connectivity index (χ4n) is 1.38. The summed E-state index contributed by atoms with van der Waals surface area (Å²) in [4.78, 5) is 11.4. The topological polar surface area (TPSA) is 55.1 Å². The first kappa shape index (κ1) is 17.1. The second-order valence-electron chi connectivity index (χ2n) is 3.95. The zero-order valence-electron chi connectivity index (χ0n) is 10.9. The van der Waals surface area contributed by atoms with E-state index in [1.165, 1.54) is 25.7 Å². The molecule has 0 aromatic carbocycles. The first-order chi connectivity index (χ1) is 8.31. The fourth-order valence-corrected chi connectivity index (χ4v) is 3.14. The Balaban J connectivity index is 3.12. The second-order valence-corrected chi connectivity index (χ2v) is 6.65. The van der Waals surface area contributed by atoms with Gasteiger partial charge >= 0.3 is 0 Å². The van der Waals surface area contributed by atoms with Crippen molar-refractivity contribution in [3.63, 3.8) is 0 Å². The van der Waals surface area contributed by atoms with Crippen LogP contribution in [-0.2, 0) is 4.79 Å². The molecular formula is C12H26N2OS2. The summed E-state index contributed by atoms with van der Waals surface area (Å²) in [6.45, 7) is 3.70. The Morgan fingerprint density at radius 3 is 2.53 bits per heavy atom. The predicted molar refractivity (Wildman–Crippen MR) is 80.4 cm³/mol. The summed E-state index contributed by atoms with van der Waals surface area (Å²) in [5.41, 5.74) is 5.38. The molecule has 0 aromatic heterocycles. The van der Waals surface area contributed by atoms with Gasteiger partial charge in [0, 0.05) is 31.0 Å². The van der Waals surface area contributed by atoms with E-state index in [9.17, 15) is 4.79 Å². The molecule has 0 fully saturated rings. The van der Waals surface area contributed by atoms with E-state index >= 15 is 0 Å². The average molecular weight is 278 g/mol. The van der Waals surface area contributed by atoms with Gasteiger partial charge in [-0.2, -0.15) is 0 Å². The molecule has 0 saturated heterocycles. The molecule has 0 aromatic rings. The highest BCUT2D eigenvalue weighted by Crippen LogP contribution is 2.18. The minimum Gasteiger partial charge on any atom is -0.355 e. The van der Waals surface area contributed by atoms with Gasteiger partial charge in [-0.3, -0.25) is 4.79 Å². The van der Waals surface area contributed by atoms with Crippen LogP contribution in [-0.4, -0.2) is 30.5 Å². The smallest absolute Gasteiger partial charge is 0.220 e. The van der Waals surface area contributed by atoms with E-state index in [0.29, 0.717) is 6.42 Å². The van der Waals surface area contributed by atoms with E-state index in [1.54, 1.807) is 21.6 Å². The van der Waals surface area contributed by atoms with Gasteiger partial charge in [0.15, 0.2) is 0 Å². The number of rotatable bonds is 12. The molecule has 0 heterocycles. The summed E-state index contributed by atoms with van der Waals surface area (Å²) >= 11 is 0. The maximum absolute atomic E-state index is 11.4. The third-order valence-corrected chi connectivity index (χ3v) is 4.74. The van der Waals surface area contributed by atoms with Crippen molar-refractivity contribution in [1.82, 2.24) is 5.32 Å². The summed E-state index contributed by atoms with van der Waals surface area (Å²) in [5.74, 6) is 2.15.